The minimum absolute atomic E-state index is 0.149. The number of thioether (sulfide) groups is 1. The van der Waals surface area contributed by atoms with Crippen molar-refractivity contribution in [2.45, 2.75) is 49.4 Å². The molecular formula is C22H22F3N3O2S. The summed E-state index contributed by atoms with van der Waals surface area (Å²) in [7, 11) is 0. The summed E-state index contributed by atoms with van der Waals surface area (Å²) >= 11 is 1.33. The van der Waals surface area contributed by atoms with Gasteiger partial charge in [0.1, 0.15) is 5.69 Å². The number of aromatic nitrogens is 3. The van der Waals surface area contributed by atoms with E-state index in [2.05, 4.69) is 15.4 Å². The summed E-state index contributed by atoms with van der Waals surface area (Å²) in [5, 5.41) is 19.4. The molecule has 0 amide bonds. The number of nitrogens with zero attached hydrogens (tertiary/aromatic N) is 2. The molecule has 5 nitrogen and oxygen atoms in total. The minimum atomic E-state index is -4.46. The maximum atomic E-state index is 13.4. The van der Waals surface area contributed by atoms with Gasteiger partial charge in [0, 0.05) is 4.90 Å². The fourth-order valence-corrected chi connectivity index (χ4v) is 4.59. The molecule has 31 heavy (non-hydrogen) atoms. The van der Waals surface area contributed by atoms with E-state index in [-0.39, 0.29) is 5.56 Å². The van der Waals surface area contributed by atoms with Gasteiger partial charge in [-0.05, 0) is 68.1 Å². The molecule has 9 heteroatoms. The van der Waals surface area contributed by atoms with Gasteiger partial charge in [0.2, 0.25) is 0 Å². The van der Waals surface area contributed by atoms with Crippen LogP contribution >= 0.6 is 11.8 Å². The van der Waals surface area contributed by atoms with Gasteiger partial charge >= 0.3 is 12.1 Å². The number of carboxylic acid groups (broad SMARTS) is 1. The molecule has 0 aliphatic rings. The first-order valence-corrected chi connectivity index (χ1v) is 10.3. The van der Waals surface area contributed by atoms with Gasteiger partial charge in [0.15, 0.2) is 0 Å². The molecule has 164 valence electrons. The predicted molar refractivity (Wildman–Crippen MR) is 112 cm³/mol. The van der Waals surface area contributed by atoms with Crippen LogP contribution in [0.15, 0.2) is 47.5 Å². The molecule has 2 N–H and O–H groups in total. The Morgan fingerprint density at radius 3 is 2.32 bits per heavy atom. The first kappa shape index (κ1) is 22.9. The average molecular weight is 449 g/mol. The topological polar surface area (TPSA) is 78.9 Å². The molecule has 0 spiro atoms. The Labute approximate surface area is 182 Å². The van der Waals surface area contributed by atoms with Crippen LogP contribution in [-0.4, -0.2) is 26.5 Å². The first-order valence-electron chi connectivity index (χ1n) is 9.46. The molecule has 3 rings (SSSR count). The van der Waals surface area contributed by atoms with Crippen LogP contribution in [-0.2, 0) is 16.4 Å². The van der Waals surface area contributed by atoms with E-state index in [0.717, 1.165) is 16.5 Å². The van der Waals surface area contributed by atoms with E-state index in [4.69, 9.17) is 0 Å². The van der Waals surface area contributed by atoms with Crippen LogP contribution < -0.4 is 0 Å². The van der Waals surface area contributed by atoms with Crippen molar-refractivity contribution in [2.75, 3.05) is 0 Å². The fraction of sp³-hybridized carbons (Fsp3) is 0.318. The largest absolute Gasteiger partial charge is 0.481 e. The number of alkyl halides is 3. The molecule has 1 aromatic heterocycles. The number of aliphatic carboxylic acids is 1. The molecule has 0 radical (unpaired) electrons. The summed E-state index contributed by atoms with van der Waals surface area (Å²) in [5.74, 6) is -0.934. The van der Waals surface area contributed by atoms with Crippen LogP contribution in [0.3, 0.4) is 0 Å². The van der Waals surface area contributed by atoms with Crippen molar-refractivity contribution in [3.05, 3.63) is 76.1 Å². The standard InChI is InChI=1S/C22H22F3N3O2S/c1-12-5-6-14(10-17(12)22(23,24)25)19(18-11-26-28-27-18)31-15-7-8-16(13(2)9-15)21(3,4)20(29)30/h5-11,19H,1-4H3,(H,29,30)(H,26,27,28). The lowest BCUT2D eigenvalue weighted by molar-refractivity contribution is -0.142. The molecule has 0 saturated carbocycles. The van der Waals surface area contributed by atoms with Gasteiger partial charge < -0.3 is 5.11 Å². The Bertz CT molecular complexity index is 1100. The summed E-state index contributed by atoms with van der Waals surface area (Å²) < 4.78 is 40.3. The van der Waals surface area contributed by atoms with Crippen molar-refractivity contribution in [1.82, 2.24) is 15.4 Å². The molecule has 0 aliphatic carbocycles. The van der Waals surface area contributed by atoms with E-state index in [9.17, 15) is 23.1 Å². The highest BCUT2D eigenvalue weighted by Gasteiger charge is 2.34. The number of carbonyl (C=O) groups is 1. The number of carboxylic acids is 1. The third-order valence-electron chi connectivity index (χ3n) is 5.23. The van der Waals surface area contributed by atoms with Crippen LogP contribution in [0.1, 0.15) is 52.6 Å². The maximum Gasteiger partial charge on any atom is 0.416 e. The van der Waals surface area contributed by atoms with E-state index >= 15 is 0 Å². The molecule has 0 fully saturated rings. The monoisotopic (exact) mass is 449 g/mol. The molecule has 0 saturated heterocycles. The van der Waals surface area contributed by atoms with Crippen molar-refractivity contribution in [1.29, 1.82) is 0 Å². The fourth-order valence-electron chi connectivity index (χ4n) is 3.41. The number of hydrogen-bond acceptors (Lipinski definition) is 4. The number of H-pyrrole nitrogens is 1. The van der Waals surface area contributed by atoms with Crippen molar-refractivity contribution in [2.24, 2.45) is 0 Å². The van der Waals surface area contributed by atoms with Crippen molar-refractivity contribution >= 4 is 17.7 Å². The van der Waals surface area contributed by atoms with E-state index < -0.39 is 28.4 Å². The highest BCUT2D eigenvalue weighted by molar-refractivity contribution is 7.99. The minimum Gasteiger partial charge on any atom is -0.481 e. The molecule has 3 aromatic rings. The van der Waals surface area contributed by atoms with E-state index in [1.54, 1.807) is 32.0 Å². The van der Waals surface area contributed by atoms with Gasteiger partial charge in [-0.1, -0.05) is 18.2 Å². The third-order valence-corrected chi connectivity index (χ3v) is 6.51. The lowest BCUT2D eigenvalue weighted by Gasteiger charge is -2.23. The molecular weight excluding hydrogens is 427 g/mol. The van der Waals surface area contributed by atoms with Crippen LogP contribution in [0.25, 0.3) is 0 Å². The van der Waals surface area contributed by atoms with Crippen molar-refractivity contribution in [3.63, 3.8) is 0 Å². The molecule has 1 atom stereocenters. The maximum absolute atomic E-state index is 13.4. The van der Waals surface area contributed by atoms with Gasteiger partial charge in [0.25, 0.3) is 0 Å². The Balaban J connectivity index is 2.02. The predicted octanol–water partition coefficient (Wildman–Crippen LogP) is 5.68. The molecule has 1 heterocycles. The number of hydrogen-bond donors (Lipinski definition) is 2. The van der Waals surface area contributed by atoms with Gasteiger partial charge in [-0.3, -0.25) is 4.79 Å². The Morgan fingerprint density at radius 2 is 1.77 bits per heavy atom. The van der Waals surface area contributed by atoms with E-state index in [1.807, 2.05) is 13.0 Å². The zero-order valence-corrected chi connectivity index (χ0v) is 18.2. The second kappa shape index (κ2) is 8.37. The summed E-state index contributed by atoms with van der Waals surface area (Å²) in [4.78, 5) is 12.4. The number of nitrogens with one attached hydrogen (secondary N) is 1. The van der Waals surface area contributed by atoms with Gasteiger partial charge in [-0.2, -0.15) is 28.6 Å². The van der Waals surface area contributed by atoms with Gasteiger partial charge in [-0.15, -0.1) is 11.8 Å². The zero-order chi connectivity index (χ0) is 23.0. The summed E-state index contributed by atoms with van der Waals surface area (Å²) in [6, 6.07) is 9.64. The summed E-state index contributed by atoms with van der Waals surface area (Å²) in [6.45, 7) is 6.52. The van der Waals surface area contributed by atoms with Crippen LogP contribution in [0.2, 0.25) is 0 Å². The normalized spacial score (nSPS) is 13.3. The Kier molecular flexibility index (Phi) is 6.18. The number of aromatic amines is 1. The lowest BCUT2D eigenvalue weighted by Crippen LogP contribution is -2.29. The van der Waals surface area contributed by atoms with Gasteiger partial charge in [0.05, 0.1) is 22.4 Å². The number of halogens is 3. The summed E-state index contributed by atoms with van der Waals surface area (Å²) in [5.41, 5.74) is 0.814. The average Bonchev–Trinajstić information content (AvgIpc) is 3.20. The van der Waals surface area contributed by atoms with Crippen LogP contribution in [0, 0.1) is 13.8 Å². The molecule has 0 aliphatic heterocycles. The Morgan fingerprint density at radius 1 is 1.06 bits per heavy atom. The van der Waals surface area contributed by atoms with Crippen molar-refractivity contribution < 1.29 is 23.1 Å². The second-order valence-corrected chi connectivity index (χ2v) is 9.05. The molecule has 0 bridgehead atoms. The number of benzene rings is 2. The second-order valence-electron chi connectivity index (χ2n) is 7.87. The Hall–Kier alpha value is -2.81. The summed E-state index contributed by atoms with van der Waals surface area (Å²) in [6.07, 6.45) is -2.97. The number of aryl methyl sites for hydroxylation is 2. The number of rotatable bonds is 6. The highest BCUT2D eigenvalue weighted by Crippen LogP contribution is 2.43. The van der Waals surface area contributed by atoms with Crippen LogP contribution in [0.5, 0.6) is 0 Å². The van der Waals surface area contributed by atoms with Crippen molar-refractivity contribution in [3.8, 4) is 0 Å². The molecule has 1 unspecified atom stereocenters. The molecule has 2 aromatic carbocycles. The van der Waals surface area contributed by atoms with Gasteiger partial charge in [-0.25, -0.2) is 0 Å². The first-order chi connectivity index (χ1) is 14.4. The van der Waals surface area contributed by atoms with E-state index in [0.29, 0.717) is 16.8 Å². The lowest BCUT2D eigenvalue weighted by atomic mass is 9.82. The zero-order valence-electron chi connectivity index (χ0n) is 17.4. The van der Waals surface area contributed by atoms with Crippen LogP contribution in [0.4, 0.5) is 13.2 Å². The van der Waals surface area contributed by atoms with E-state index in [1.165, 1.54) is 30.9 Å². The SMILES string of the molecule is Cc1ccc(C(Sc2ccc(C(C)(C)C(=O)O)c(C)c2)c2cn[nH]n2)cc1C(F)(F)F. The third kappa shape index (κ3) is 4.76. The highest BCUT2D eigenvalue weighted by atomic mass is 32.2. The quantitative estimate of drug-likeness (QED) is 0.473. The smallest absolute Gasteiger partial charge is 0.416 e.